The normalized spacial score (nSPS) is 13.8. The van der Waals surface area contributed by atoms with E-state index in [1.807, 2.05) is 19.3 Å². The molecular formula is C11H18F3N3O. The van der Waals surface area contributed by atoms with Crippen LogP contribution >= 0.6 is 0 Å². The number of hydrogen-bond donors (Lipinski definition) is 1. The summed E-state index contributed by atoms with van der Waals surface area (Å²) < 4.78 is 41.9. The van der Waals surface area contributed by atoms with Crippen molar-refractivity contribution in [3.05, 3.63) is 18.0 Å². The zero-order chi connectivity index (χ0) is 13.6. The van der Waals surface area contributed by atoms with Gasteiger partial charge in [0.1, 0.15) is 6.61 Å². The number of nitrogens with zero attached hydrogens (tertiary/aromatic N) is 2. The second-order valence-corrected chi connectivity index (χ2v) is 4.13. The summed E-state index contributed by atoms with van der Waals surface area (Å²) >= 11 is 0. The van der Waals surface area contributed by atoms with Crippen molar-refractivity contribution in [2.45, 2.75) is 25.1 Å². The molecule has 1 N–H and O–H groups in total. The highest BCUT2D eigenvalue weighted by atomic mass is 19.4. The van der Waals surface area contributed by atoms with Gasteiger partial charge in [0.25, 0.3) is 0 Å². The largest absolute Gasteiger partial charge is 0.411 e. The van der Waals surface area contributed by atoms with Gasteiger partial charge >= 0.3 is 6.18 Å². The number of hydrogen-bond acceptors (Lipinski definition) is 3. The summed E-state index contributed by atoms with van der Waals surface area (Å²) in [5, 5.41) is 7.27. The van der Waals surface area contributed by atoms with E-state index in [1.165, 1.54) is 0 Å². The zero-order valence-corrected chi connectivity index (χ0v) is 10.5. The van der Waals surface area contributed by atoms with Crippen LogP contribution in [0.1, 0.15) is 12.1 Å². The minimum atomic E-state index is -4.25. The Morgan fingerprint density at radius 3 is 2.72 bits per heavy atom. The number of rotatable bonds is 7. The van der Waals surface area contributed by atoms with Crippen molar-refractivity contribution in [3.63, 3.8) is 0 Å². The quantitative estimate of drug-likeness (QED) is 0.760. The van der Waals surface area contributed by atoms with Crippen LogP contribution in [0.25, 0.3) is 0 Å². The zero-order valence-electron chi connectivity index (χ0n) is 10.5. The second-order valence-electron chi connectivity index (χ2n) is 4.13. The van der Waals surface area contributed by atoms with Crippen LogP contribution in [0.15, 0.2) is 12.3 Å². The van der Waals surface area contributed by atoms with Crippen LogP contribution in [0.2, 0.25) is 0 Å². The molecule has 104 valence electrons. The second kappa shape index (κ2) is 6.75. The Hall–Kier alpha value is -1.08. The summed E-state index contributed by atoms with van der Waals surface area (Å²) in [7, 11) is 3.60. The average Bonchev–Trinajstić information content (AvgIpc) is 2.67. The molecule has 0 saturated carbocycles. The van der Waals surface area contributed by atoms with Crippen molar-refractivity contribution >= 4 is 0 Å². The van der Waals surface area contributed by atoms with Gasteiger partial charge in [-0.25, -0.2) is 0 Å². The van der Waals surface area contributed by atoms with E-state index in [9.17, 15) is 13.2 Å². The van der Waals surface area contributed by atoms with Crippen molar-refractivity contribution < 1.29 is 17.9 Å². The molecule has 0 radical (unpaired) electrons. The molecule has 1 rings (SSSR count). The van der Waals surface area contributed by atoms with Crippen LogP contribution in [0.5, 0.6) is 0 Å². The lowest BCUT2D eigenvalue weighted by atomic mass is 10.1. The van der Waals surface area contributed by atoms with E-state index in [0.29, 0.717) is 12.8 Å². The first-order chi connectivity index (χ1) is 8.40. The molecule has 0 spiro atoms. The summed E-state index contributed by atoms with van der Waals surface area (Å²) in [6.45, 7) is -1.11. The van der Waals surface area contributed by atoms with Crippen molar-refractivity contribution in [3.8, 4) is 0 Å². The van der Waals surface area contributed by atoms with E-state index >= 15 is 0 Å². The molecule has 1 heterocycles. The molecule has 1 aromatic heterocycles. The molecule has 0 aromatic carbocycles. The molecule has 18 heavy (non-hydrogen) atoms. The summed E-state index contributed by atoms with van der Waals surface area (Å²) in [4.78, 5) is 0. The van der Waals surface area contributed by atoms with Gasteiger partial charge in [-0.05, 0) is 19.5 Å². The first-order valence-corrected chi connectivity index (χ1v) is 5.71. The lowest BCUT2D eigenvalue weighted by molar-refractivity contribution is -0.174. The predicted molar refractivity (Wildman–Crippen MR) is 61.3 cm³/mol. The molecule has 1 unspecified atom stereocenters. The average molecular weight is 265 g/mol. The molecule has 1 aromatic rings. The topological polar surface area (TPSA) is 39.1 Å². The van der Waals surface area contributed by atoms with Gasteiger partial charge in [0.2, 0.25) is 0 Å². The maximum Gasteiger partial charge on any atom is 0.411 e. The van der Waals surface area contributed by atoms with Gasteiger partial charge < -0.3 is 10.1 Å². The molecule has 1 atom stereocenters. The highest BCUT2D eigenvalue weighted by molar-refractivity contribution is 5.01. The summed E-state index contributed by atoms with van der Waals surface area (Å²) in [5.41, 5.74) is 0.910. The Bertz CT molecular complexity index is 352. The van der Waals surface area contributed by atoms with E-state index < -0.39 is 12.8 Å². The van der Waals surface area contributed by atoms with Crippen molar-refractivity contribution in [1.82, 2.24) is 15.1 Å². The molecule has 0 aliphatic heterocycles. The van der Waals surface area contributed by atoms with Crippen LogP contribution in [0.3, 0.4) is 0 Å². The monoisotopic (exact) mass is 265 g/mol. The number of halogens is 3. The minimum absolute atomic E-state index is 0.0631. The Labute approximate surface area is 104 Å². The third kappa shape index (κ3) is 6.02. The molecule has 0 amide bonds. The van der Waals surface area contributed by atoms with Gasteiger partial charge in [-0.2, -0.15) is 18.3 Å². The fourth-order valence-corrected chi connectivity index (χ4v) is 1.59. The van der Waals surface area contributed by atoms with E-state index in [0.717, 1.165) is 5.69 Å². The maximum absolute atomic E-state index is 11.9. The van der Waals surface area contributed by atoms with Crippen LogP contribution < -0.4 is 5.32 Å². The van der Waals surface area contributed by atoms with Crippen LogP contribution in [0, 0.1) is 0 Å². The van der Waals surface area contributed by atoms with E-state index in [2.05, 4.69) is 15.2 Å². The van der Waals surface area contributed by atoms with E-state index in [1.54, 1.807) is 11.7 Å². The fourth-order valence-electron chi connectivity index (χ4n) is 1.59. The van der Waals surface area contributed by atoms with Gasteiger partial charge in [-0.3, -0.25) is 4.68 Å². The molecule has 0 saturated heterocycles. The molecule has 0 fully saturated rings. The molecule has 7 heteroatoms. The number of alkyl halides is 3. The van der Waals surface area contributed by atoms with Crippen molar-refractivity contribution in [1.29, 1.82) is 0 Å². The molecule has 0 aliphatic rings. The molecule has 4 nitrogen and oxygen atoms in total. The van der Waals surface area contributed by atoms with Crippen LogP contribution in [-0.4, -0.2) is 42.3 Å². The highest BCUT2D eigenvalue weighted by Crippen LogP contribution is 2.14. The fraction of sp³-hybridized carbons (Fsp3) is 0.727. The summed E-state index contributed by atoms with van der Waals surface area (Å²) in [5.74, 6) is 0. The van der Waals surface area contributed by atoms with E-state index in [4.69, 9.17) is 0 Å². The highest BCUT2D eigenvalue weighted by Gasteiger charge is 2.27. The van der Waals surface area contributed by atoms with Gasteiger partial charge in [0.05, 0.1) is 5.69 Å². The first kappa shape index (κ1) is 15.0. The number of ether oxygens (including phenoxy) is 1. The van der Waals surface area contributed by atoms with Crippen LogP contribution in [0.4, 0.5) is 13.2 Å². The van der Waals surface area contributed by atoms with Gasteiger partial charge in [-0.15, -0.1) is 0 Å². The first-order valence-electron chi connectivity index (χ1n) is 5.71. The number of aromatic nitrogens is 2. The Morgan fingerprint density at radius 1 is 1.50 bits per heavy atom. The molecule has 0 bridgehead atoms. The number of nitrogens with one attached hydrogen (secondary N) is 1. The number of aryl methyl sites for hydroxylation is 1. The summed E-state index contributed by atoms with van der Waals surface area (Å²) in [6.07, 6.45) is -1.23. The Morgan fingerprint density at radius 2 is 2.22 bits per heavy atom. The van der Waals surface area contributed by atoms with E-state index in [-0.39, 0.29) is 12.6 Å². The van der Waals surface area contributed by atoms with Gasteiger partial charge in [0.15, 0.2) is 0 Å². The standard InChI is InChI=1S/C11H18F3N3O/c1-15-9(4-6-18-8-11(12,13)14)7-10-3-5-17(2)16-10/h3,5,9,15H,4,6-8H2,1-2H3. The summed E-state index contributed by atoms with van der Waals surface area (Å²) in [6, 6.07) is 1.95. The molecular weight excluding hydrogens is 247 g/mol. The Balaban J connectivity index is 2.25. The van der Waals surface area contributed by atoms with Gasteiger partial charge in [0, 0.05) is 32.3 Å². The maximum atomic E-state index is 11.9. The number of likely N-dealkylation sites (N-methyl/N-ethyl adjacent to an activating group) is 1. The van der Waals surface area contributed by atoms with Gasteiger partial charge in [-0.1, -0.05) is 0 Å². The predicted octanol–water partition coefficient (Wildman–Crippen LogP) is 1.52. The van der Waals surface area contributed by atoms with Crippen molar-refractivity contribution in [2.75, 3.05) is 20.3 Å². The molecule has 0 aliphatic carbocycles. The Kier molecular flexibility index (Phi) is 5.61. The third-order valence-electron chi connectivity index (χ3n) is 2.51. The lowest BCUT2D eigenvalue weighted by Crippen LogP contribution is -2.30. The third-order valence-corrected chi connectivity index (χ3v) is 2.51. The smallest absolute Gasteiger partial charge is 0.372 e. The lowest BCUT2D eigenvalue weighted by Gasteiger charge is -2.15. The minimum Gasteiger partial charge on any atom is -0.372 e. The van der Waals surface area contributed by atoms with Crippen LogP contribution in [-0.2, 0) is 18.2 Å². The van der Waals surface area contributed by atoms with Crippen molar-refractivity contribution in [2.24, 2.45) is 7.05 Å². The SMILES string of the molecule is CNC(CCOCC(F)(F)F)Cc1ccn(C)n1.